The van der Waals surface area contributed by atoms with Crippen LogP contribution < -0.4 is 5.32 Å². The van der Waals surface area contributed by atoms with E-state index in [1.54, 1.807) is 12.1 Å². The van der Waals surface area contributed by atoms with Crippen molar-refractivity contribution in [2.24, 2.45) is 0 Å². The van der Waals surface area contributed by atoms with Crippen LogP contribution in [0, 0.1) is 0 Å². The van der Waals surface area contributed by atoms with Gasteiger partial charge in [0.15, 0.2) is 0 Å². The normalized spacial score (nSPS) is 22.8. The summed E-state index contributed by atoms with van der Waals surface area (Å²) in [5.74, 6) is -0.304. The van der Waals surface area contributed by atoms with Crippen LogP contribution in [0.15, 0.2) is 24.3 Å². The third-order valence-electron chi connectivity index (χ3n) is 5.48. The van der Waals surface area contributed by atoms with Crippen molar-refractivity contribution in [3.8, 4) is 0 Å². The van der Waals surface area contributed by atoms with Crippen molar-refractivity contribution in [2.75, 3.05) is 13.7 Å². The molecule has 142 valence electrons. The molecule has 1 saturated carbocycles. The van der Waals surface area contributed by atoms with Crippen LogP contribution in [0.5, 0.6) is 0 Å². The van der Waals surface area contributed by atoms with Crippen LogP contribution in [0.3, 0.4) is 0 Å². The fraction of sp³-hybridized carbons (Fsp3) is 0.600. The van der Waals surface area contributed by atoms with Gasteiger partial charge in [0.2, 0.25) is 5.91 Å². The summed E-state index contributed by atoms with van der Waals surface area (Å²) < 4.78 is 4.97. The van der Waals surface area contributed by atoms with Crippen LogP contribution in [0.1, 0.15) is 56.6 Å². The molecule has 0 spiro atoms. The number of methoxy groups -OCH3 is 1. The van der Waals surface area contributed by atoms with Crippen LogP contribution >= 0.6 is 11.6 Å². The highest BCUT2D eigenvalue weighted by Crippen LogP contribution is 2.31. The summed E-state index contributed by atoms with van der Waals surface area (Å²) >= 11 is 6.02. The Hall–Kier alpha value is -1.59. The number of rotatable bonds is 5. The average molecular weight is 379 g/mol. The van der Waals surface area contributed by atoms with E-state index in [9.17, 15) is 9.59 Å². The molecule has 2 atom stereocenters. The second-order valence-electron chi connectivity index (χ2n) is 7.22. The monoisotopic (exact) mass is 378 g/mol. The number of benzene rings is 1. The largest absolute Gasteiger partial charge is 0.468 e. The Bertz CT molecular complexity index is 628. The number of hydrogen-bond acceptors (Lipinski definition) is 4. The van der Waals surface area contributed by atoms with Gasteiger partial charge >= 0.3 is 5.97 Å². The van der Waals surface area contributed by atoms with Crippen molar-refractivity contribution < 1.29 is 14.3 Å². The standard InChI is InChI=1S/C20H27ClN2O3/c1-26-20(25)17-8-5-13-23(17)18(14-9-11-15(21)12-10-14)19(24)22-16-6-3-2-4-7-16/h9-12,16-18H,2-8,13H2,1H3,(H,22,24)/t17-,18+/m0/s1. The molecular weight excluding hydrogens is 352 g/mol. The summed E-state index contributed by atoms with van der Waals surface area (Å²) in [5.41, 5.74) is 0.860. The van der Waals surface area contributed by atoms with E-state index in [-0.39, 0.29) is 24.0 Å². The number of carbonyl (C=O) groups is 2. The molecule has 26 heavy (non-hydrogen) atoms. The molecule has 2 aliphatic rings. The third-order valence-corrected chi connectivity index (χ3v) is 5.74. The van der Waals surface area contributed by atoms with Gasteiger partial charge in [-0.15, -0.1) is 0 Å². The lowest BCUT2D eigenvalue weighted by molar-refractivity contribution is -0.147. The molecule has 6 heteroatoms. The Kier molecular flexibility index (Phi) is 6.54. The van der Waals surface area contributed by atoms with Crippen molar-refractivity contribution in [1.29, 1.82) is 0 Å². The minimum Gasteiger partial charge on any atom is -0.468 e. The lowest BCUT2D eigenvalue weighted by Crippen LogP contribution is -2.48. The van der Waals surface area contributed by atoms with E-state index in [0.29, 0.717) is 18.0 Å². The number of amides is 1. The molecule has 1 aromatic rings. The Morgan fingerprint density at radius 1 is 1.12 bits per heavy atom. The van der Waals surface area contributed by atoms with Crippen LogP contribution in [0.4, 0.5) is 0 Å². The molecule has 1 heterocycles. The number of hydrogen-bond donors (Lipinski definition) is 1. The molecule has 3 rings (SSSR count). The summed E-state index contributed by atoms with van der Waals surface area (Å²) in [7, 11) is 1.40. The fourth-order valence-corrected chi connectivity index (χ4v) is 4.28. The van der Waals surface area contributed by atoms with Gasteiger partial charge in [-0.05, 0) is 43.4 Å². The van der Waals surface area contributed by atoms with Gasteiger partial charge in [0.1, 0.15) is 12.1 Å². The first kappa shape index (κ1) is 19.2. The van der Waals surface area contributed by atoms with Gasteiger partial charge in [-0.3, -0.25) is 14.5 Å². The summed E-state index contributed by atoms with van der Waals surface area (Å²) in [6.45, 7) is 0.700. The molecule has 0 radical (unpaired) electrons. The summed E-state index contributed by atoms with van der Waals surface area (Å²) in [4.78, 5) is 27.4. The quantitative estimate of drug-likeness (QED) is 0.797. The van der Waals surface area contributed by atoms with Crippen molar-refractivity contribution in [3.05, 3.63) is 34.9 Å². The van der Waals surface area contributed by atoms with E-state index < -0.39 is 6.04 Å². The van der Waals surface area contributed by atoms with E-state index in [1.165, 1.54) is 13.5 Å². The predicted molar refractivity (Wildman–Crippen MR) is 101 cm³/mol. The zero-order valence-corrected chi connectivity index (χ0v) is 16.0. The van der Waals surface area contributed by atoms with E-state index in [1.807, 2.05) is 17.0 Å². The van der Waals surface area contributed by atoms with Crippen molar-refractivity contribution in [3.63, 3.8) is 0 Å². The lowest BCUT2D eigenvalue weighted by Gasteiger charge is -2.33. The zero-order chi connectivity index (χ0) is 18.5. The minimum absolute atomic E-state index is 0.0324. The smallest absolute Gasteiger partial charge is 0.323 e. The average Bonchev–Trinajstić information content (AvgIpc) is 3.13. The van der Waals surface area contributed by atoms with Gasteiger partial charge in [-0.2, -0.15) is 0 Å². The summed E-state index contributed by atoms with van der Waals surface area (Å²) in [6, 6.07) is 6.69. The Balaban J connectivity index is 1.84. The first-order valence-corrected chi connectivity index (χ1v) is 9.87. The highest BCUT2D eigenvalue weighted by atomic mass is 35.5. The Labute approximate surface area is 160 Å². The van der Waals surface area contributed by atoms with Gasteiger partial charge in [-0.25, -0.2) is 0 Å². The lowest BCUT2D eigenvalue weighted by atomic mass is 9.94. The van der Waals surface area contributed by atoms with Crippen LogP contribution in [0.2, 0.25) is 5.02 Å². The van der Waals surface area contributed by atoms with Crippen LogP contribution in [-0.2, 0) is 14.3 Å². The first-order valence-electron chi connectivity index (χ1n) is 9.49. The maximum Gasteiger partial charge on any atom is 0.323 e. The van der Waals surface area contributed by atoms with Crippen molar-refractivity contribution in [2.45, 2.75) is 63.1 Å². The molecule has 1 saturated heterocycles. The van der Waals surface area contributed by atoms with E-state index in [2.05, 4.69) is 5.32 Å². The van der Waals surface area contributed by atoms with E-state index in [4.69, 9.17) is 16.3 Å². The zero-order valence-electron chi connectivity index (χ0n) is 15.2. The van der Waals surface area contributed by atoms with Gasteiger partial charge in [-0.1, -0.05) is 43.0 Å². The molecule has 5 nitrogen and oxygen atoms in total. The van der Waals surface area contributed by atoms with Gasteiger partial charge in [0.05, 0.1) is 7.11 Å². The molecule has 1 N–H and O–H groups in total. The Morgan fingerprint density at radius 3 is 2.46 bits per heavy atom. The number of carbonyl (C=O) groups excluding carboxylic acids is 2. The molecular formula is C20H27ClN2O3. The molecule has 1 aliphatic heterocycles. The van der Waals surface area contributed by atoms with Crippen molar-refractivity contribution in [1.82, 2.24) is 10.2 Å². The molecule has 1 aliphatic carbocycles. The number of halogens is 1. The summed E-state index contributed by atoms with van der Waals surface area (Å²) in [6.07, 6.45) is 7.20. The number of esters is 1. The minimum atomic E-state index is -0.499. The SMILES string of the molecule is COC(=O)[C@@H]1CCCN1[C@@H](C(=O)NC1CCCCC1)c1ccc(Cl)cc1. The first-order chi connectivity index (χ1) is 12.6. The van der Waals surface area contributed by atoms with Crippen LogP contribution in [-0.4, -0.2) is 42.5 Å². The fourth-order valence-electron chi connectivity index (χ4n) is 4.15. The number of likely N-dealkylation sites (tertiary alicyclic amines) is 1. The van der Waals surface area contributed by atoms with Crippen LogP contribution in [0.25, 0.3) is 0 Å². The molecule has 1 amide bonds. The molecule has 0 bridgehead atoms. The molecule has 0 aromatic heterocycles. The summed E-state index contributed by atoms with van der Waals surface area (Å²) in [5, 5.41) is 3.85. The molecule has 0 unspecified atom stereocenters. The maximum absolute atomic E-state index is 13.2. The van der Waals surface area contributed by atoms with E-state index >= 15 is 0 Å². The van der Waals surface area contributed by atoms with Gasteiger partial charge < -0.3 is 10.1 Å². The highest BCUT2D eigenvalue weighted by molar-refractivity contribution is 6.30. The molecule has 1 aromatic carbocycles. The topological polar surface area (TPSA) is 58.6 Å². The Morgan fingerprint density at radius 2 is 1.81 bits per heavy atom. The highest BCUT2D eigenvalue weighted by Gasteiger charge is 2.40. The van der Waals surface area contributed by atoms with Crippen molar-refractivity contribution >= 4 is 23.5 Å². The second kappa shape index (κ2) is 8.87. The second-order valence-corrected chi connectivity index (χ2v) is 7.65. The van der Waals surface area contributed by atoms with Gasteiger partial charge in [0, 0.05) is 17.6 Å². The number of ether oxygens (including phenoxy) is 1. The van der Waals surface area contributed by atoms with E-state index in [0.717, 1.165) is 37.7 Å². The maximum atomic E-state index is 13.2. The predicted octanol–water partition coefficient (Wildman–Crippen LogP) is 3.47. The van der Waals surface area contributed by atoms with Gasteiger partial charge in [0.25, 0.3) is 0 Å². The number of nitrogens with zero attached hydrogens (tertiary/aromatic N) is 1. The number of nitrogens with one attached hydrogen (secondary N) is 1. The third kappa shape index (κ3) is 4.38. The molecule has 2 fully saturated rings.